The van der Waals surface area contributed by atoms with E-state index in [1.807, 2.05) is 6.07 Å². The average molecular weight is 488 g/mol. The highest BCUT2D eigenvalue weighted by atomic mass is 35.5. The van der Waals surface area contributed by atoms with Gasteiger partial charge in [-0.1, -0.05) is 28.9 Å². The van der Waals surface area contributed by atoms with Crippen LogP contribution >= 0.6 is 22.9 Å². The Morgan fingerprint density at radius 2 is 2.03 bits per heavy atom. The predicted molar refractivity (Wildman–Crippen MR) is 121 cm³/mol. The first kappa shape index (κ1) is 20.4. The molecule has 0 bridgehead atoms. The molecule has 13 heteroatoms. The van der Waals surface area contributed by atoms with Gasteiger partial charge >= 0.3 is 0 Å². The SMILES string of the molecule is Nc1nc(-c2ccco2)c2nnn(Cc3cccc(NS(=O)(=O)c4ccc(Cl)s4)c3)c2n1. The molecule has 0 saturated carbocycles. The van der Waals surface area contributed by atoms with E-state index in [0.29, 0.717) is 32.6 Å². The van der Waals surface area contributed by atoms with Crippen molar-refractivity contribution in [2.75, 3.05) is 10.5 Å². The first-order valence-corrected chi connectivity index (χ1v) is 11.8. The van der Waals surface area contributed by atoms with Crippen LogP contribution in [0.3, 0.4) is 0 Å². The molecule has 0 aliphatic rings. The molecule has 0 atom stereocenters. The number of nitrogens with zero attached hydrogens (tertiary/aromatic N) is 5. The van der Waals surface area contributed by atoms with Crippen LogP contribution in [0.4, 0.5) is 11.6 Å². The van der Waals surface area contributed by atoms with Gasteiger partial charge in [0, 0.05) is 5.69 Å². The van der Waals surface area contributed by atoms with E-state index in [2.05, 4.69) is 25.0 Å². The normalized spacial score (nSPS) is 11.8. The van der Waals surface area contributed by atoms with Crippen LogP contribution in [0.2, 0.25) is 4.34 Å². The molecule has 162 valence electrons. The Morgan fingerprint density at radius 1 is 1.16 bits per heavy atom. The number of nitrogen functional groups attached to an aromatic ring is 1. The van der Waals surface area contributed by atoms with Crippen molar-refractivity contribution in [1.82, 2.24) is 25.0 Å². The molecule has 5 aromatic rings. The van der Waals surface area contributed by atoms with Crippen molar-refractivity contribution in [2.45, 2.75) is 10.8 Å². The number of halogens is 1. The fourth-order valence-corrected chi connectivity index (χ4v) is 5.65. The van der Waals surface area contributed by atoms with Gasteiger partial charge in [-0.3, -0.25) is 4.72 Å². The molecule has 0 fully saturated rings. The summed E-state index contributed by atoms with van der Waals surface area (Å²) in [6, 6.07) is 13.4. The van der Waals surface area contributed by atoms with Crippen molar-refractivity contribution >= 4 is 55.8 Å². The molecule has 0 radical (unpaired) electrons. The van der Waals surface area contributed by atoms with E-state index < -0.39 is 10.0 Å². The quantitative estimate of drug-likeness (QED) is 0.369. The first-order chi connectivity index (χ1) is 15.4. The predicted octanol–water partition coefficient (Wildman–Crippen LogP) is 3.63. The lowest BCUT2D eigenvalue weighted by Crippen LogP contribution is -2.12. The second-order valence-electron chi connectivity index (χ2n) is 6.69. The average Bonchev–Trinajstić information content (AvgIpc) is 3.49. The zero-order chi connectivity index (χ0) is 22.3. The van der Waals surface area contributed by atoms with Crippen molar-refractivity contribution in [3.63, 3.8) is 0 Å². The summed E-state index contributed by atoms with van der Waals surface area (Å²) >= 11 is 6.85. The Hall–Kier alpha value is -3.48. The van der Waals surface area contributed by atoms with E-state index in [0.717, 1.165) is 16.9 Å². The van der Waals surface area contributed by atoms with Crippen molar-refractivity contribution < 1.29 is 12.8 Å². The summed E-state index contributed by atoms with van der Waals surface area (Å²) in [4.78, 5) is 8.49. The van der Waals surface area contributed by atoms with Gasteiger partial charge in [0.2, 0.25) is 5.95 Å². The van der Waals surface area contributed by atoms with Gasteiger partial charge in [0.25, 0.3) is 10.0 Å². The van der Waals surface area contributed by atoms with E-state index in [9.17, 15) is 8.42 Å². The molecular weight excluding hydrogens is 474 g/mol. The van der Waals surface area contributed by atoms with Gasteiger partial charge in [-0.2, -0.15) is 4.98 Å². The maximum atomic E-state index is 12.6. The van der Waals surface area contributed by atoms with Crippen LogP contribution in [0.5, 0.6) is 0 Å². The third-order valence-electron chi connectivity index (χ3n) is 4.46. The molecule has 0 unspecified atom stereocenters. The highest BCUT2D eigenvalue weighted by Crippen LogP contribution is 2.28. The summed E-state index contributed by atoms with van der Waals surface area (Å²) in [5.41, 5.74) is 8.39. The molecule has 1 aromatic carbocycles. The summed E-state index contributed by atoms with van der Waals surface area (Å²) in [5.74, 6) is 0.560. The number of nitrogens with one attached hydrogen (secondary N) is 1. The number of rotatable bonds is 6. The number of hydrogen-bond acceptors (Lipinski definition) is 9. The van der Waals surface area contributed by atoms with Gasteiger partial charge in [0.15, 0.2) is 16.9 Å². The molecule has 4 heterocycles. The van der Waals surface area contributed by atoms with Gasteiger partial charge in [0.1, 0.15) is 9.90 Å². The topological polar surface area (TPSA) is 142 Å². The van der Waals surface area contributed by atoms with Crippen molar-refractivity contribution in [1.29, 1.82) is 0 Å². The van der Waals surface area contributed by atoms with E-state index in [4.69, 9.17) is 21.8 Å². The Labute approximate surface area is 190 Å². The third kappa shape index (κ3) is 3.90. The van der Waals surface area contributed by atoms with E-state index in [1.165, 1.54) is 18.4 Å². The summed E-state index contributed by atoms with van der Waals surface area (Å²) < 4.78 is 35.2. The number of sulfonamides is 1. The molecule has 5 rings (SSSR count). The maximum Gasteiger partial charge on any atom is 0.271 e. The number of aromatic nitrogens is 5. The minimum atomic E-state index is -3.74. The van der Waals surface area contributed by atoms with E-state index in [-0.39, 0.29) is 16.7 Å². The van der Waals surface area contributed by atoms with E-state index >= 15 is 0 Å². The molecule has 3 N–H and O–H groups in total. The summed E-state index contributed by atoms with van der Waals surface area (Å²) in [7, 11) is -3.74. The third-order valence-corrected chi connectivity index (χ3v) is 7.56. The number of thiophene rings is 1. The number of benzene rings is 1. The van der Waals surface area contributed by atoms with Gasteiger partial charge < -0.3 is 10.2 Å². The van der Waals surface area contributed by atoms with Crippen LogP contribution in [0.15, 0.2) is 63.4 Å². The zero-order valence-corrected chi connectivity index (χ0v) is 18.5. The van der Waals surface area contributed by atoms with Crippen molar-refractivity contribution in [3.05, 3.63) is 64.7 Å². The molecule has 0 aliphatic carbocycles. The van der Waals surface area contributed by atoms with Crippen molar-refractivity contribution in [2.24, 2.45) is 0 Å². The number of anilines is 2. The summed E-state index contributed by atoms with van der Waals surface area (Å²) in [6.45, 7) is 0.283. The minimum absolute atomic E-state index is 0.0589. The molecule has 0 spiro atoms. The summed E-state index contributed by atoms with van der Waals surface area (Å²) in [5, 5.41) is 8.36. The second kappa shape index (κ2) is 7.89. The molecule has 0 saturated heterocycles. The van der Waals surface area contributed by atoms with Crippen LogP contribution in [0, 0.1) is 0 Å². The second-order valence-corrected chi connectivity index (χ2v) is 10.3. The van der Waals surface area contributed by atoms with Crippen LogP contribution in [0.1, 0.15) is 5.56 Å². The van der Waals surface area contributed by atoms with Gasteiger partial charge in [-0.15, -0.1) is 16.4 Å². The van der Waals surface area contributed by atoms with Crippen LogP contribution in [0.25, 0.3) is 22.6 Å². The molecule has 4 aromatic heterocycles. The molecular formula is C19H14ClN7O3S2. The maximum absolute atomic E-state index is 12.6. The number of nitrogens with two attached hydrogens (primary N) is 1. The van der Waals surface area contributed by atoms with Crippen LogP contribution in [-0.4, -0.2) is 33.4 Å². The van der Waals surface area contributed by atoms with E-state index in [1.54, 1.807) is 35.0 Å². The monoisotopic (exact) mass is 487 g/mol. The fourth-order valence-electron chi connectivity index (χ4n) is 3.12. The lowest BCUT2D eigenvalue weighted by Gasteiger charge is -2.09. The van der Waals surface area contributed by atoms with Gasteiger partial charge in [-0.25, -0.2) is 18.1 Å². The minimum Gasteiger partial charge on any atom is -0.463 e. The highest BCUT2D eigenvalue weighted by Gasteiger charge is 2.19. The molecule has 0 aliphatic heterocycles. The number of fused-ring (bicyclic) bond motifs is 1. The largest absolute Gasteiger partial charge is 0.463 e. The Bertz CT molecular complexity index is 1530. The standard InChI is InChI=1S/C19H14ClN7O3S2/c20-14-6-7-15(31-14)32(28,29)25-12-4-1-3-11(9-12)10-27-18-17(24-26-27)16(22-19(21)23-18)13-5-2-8-30-13/h1-9,25H,10H2,(H2,21,22,23). The summed E-state index contributed by atoms with van der Waals surface area (Å²) in [6.07, 6.45) is 1.53. The number of hydrogen-bond donors (Lipinski definition) is 2. The molecule has 32 heavy (non-hydrogen) atoms. The zero-order valence-electron chi connectivity index (χ0n) is 16.1. The smallest absolute Gasteiger partial charge is 0.271 e. The van der Waals surface area contributed by atoms with Crippen LogP contribution in [-0.2, 0) is 16.6 Å². The van der Waals surface area contributed by atoms with Gasteiger partial charge in [-0.05, 0) is 42.0 Å². The fraction of sp³-hybridized carbons (Fsp3) is 0.0526. The van der Waals surface area contributed by atoms with Crippen LogP contribution < -0.4 is 10.5 Å². The lowest BCUT2D eigenvalue weighted by atomic mass is 10.2. The number of furan rings is 1. The Morgan fingerprint density at radius 3 is 2.78 bits per heavy atom. The first-order valence-electron chi connectivity index (χ1n) is 9.17. The Balaban J connectivity index is 1.45. The van der Waals surface area contributed by atoms with Gasteiger partial charge in [0.05, 0.1) is 17.1 Å². The highest BCUT2D eigenvalue weighted by molar-refractivity contribution is 7.94. The molecule has 10 nitrogen and oxygen atoms in total. The molecule has 0 amide bonds. The Kier molecular flexibility index (Phi) is 5.04. The van der Waals surface area contributed by atoms with Crippen molar-refractivity contribution in [3.8, 4) is 11.5 Å². The lowest BCUT2D eigenvalue weighted by molar-refractivity contribution is 0.580.